The highest BCUT2D eigenvalue weighted by Crippen LogP contribution is 2.23. The van der Waals surface area contributed by atoms with Gasteiger partial charge in [0.15, 0.2) is 11.8 Å². The van der Waals surface area contributed by atoms with Gasteiger partial charge in [0.05, 0.1) is 10.3 Å². The van der Waals surface area contributed by atoms with Crippen molar-refractivity contribution in [2.75, 3.05) is 20.2 Å². The zero-order chi connectivity index (χ0) is 18.2. The van der Waals surface area contributed by atoms with E-state index < -0.39 is 0 Å². The number of halogens is 2. The molecule has 2 aromatic heterocycles. The first-order chi connectivity index (χ1) is 12.0. The number of thiophene rings is 1. The second-order valence-corrected chi connectivity index (χ2v) is 7.92. The fourth-order valence-corrected chi connectivity index (χ4v) is 3.72. The number of rotatable bonds is 8. The zero-order valence-corrected chi connectivity index (χ0v) is 20.1. The Kier molecular flexibility index (Phi) is 10.7. The van der Waals surface area contributed by atoms with Crippen molar-refractivity contribution in [1.82, 2.24) is 20.4 Å². The molecular weight excluding hydrogens is 533 g/mol. The molecule has 2 heterocycles. The Morgan fingerprint density at radius 1 is 1.46 bits per heavy atom. The first-order valence-corrected chi connectivity index (χ1v) is 9.82. The van der Waals surface area contributed by atoms with Gasteiger partial charge in [-0.15, -0.1) is 35.3 Å². The number of nitrogens with one attached hydrogen (secondary N) is 1. The Morgan fingerprint density at radius 2 is 2.23 bits per heavy atom. The molecule has 2 rings (SSSR count). The van der Waals surface area contributed by atoms with Gasteiger partial charge in [0, 0.05) is 25.1 Å². The van der Waals surface area contributed by atoms with Crippen LogP contribution in [0.3, 0.4) is 0 Å². The maximum atomic E-state index is 5.47. The predicted molar refractivity (Wildman–Crippen MR) is 118 cm³/mol. The molecule has 0 aliphatic carbocycles. The Labute approximate surface area is 183 Å². The topological polar surface area (TPSA) is 75.8 Å². The van der Waals surface area contributed by atoms with Crippen LogP contribution in [0.2, 0.25) is 0 Å². The highest BCUT2D eigenvalue weighted by Gasteiger charge is 2.14. The largest absolute Gasteiger partial charge is 0.371 e. The number of aliphatic imine (C=N–C) groups is 1. The summed E-state index contributed by atoms with van der Waals surface area (Å²) in [7, 11) is 2.01. The number of ether oxygens (including phenoxy) is 1. The molecule has 2 aromatic rings. The molecule has 0 aliphatic rings. The summed E-state index contributed by atoms with van der Waals surface area (Å²) in [5, 5.41) is 7.24. The van der Waals surface area contributed by atoms with Gasteiger partial charge in [0.1, 0.15) is 12.6 Å². The highest BCUT2D eigenvalue weighted by atomic mass is 127. The minimum Gasteiger partial charge on any atom is -0.371 e. The SMILES string of the molecule is CCNC(=NCc1nc(C(C)OCC)no1)N(C)Cc1ccc(Br)s1.I. The average Bonchev–Trinajstić information content (AvgIpc) is 3.20. The van der Waals surface area contributed by atoms with Crippen molar-refractivity contribution in [3.63, 3.8) is 0 Å². The molecule has 0 saturated heterocycles. The molecule has 1 atom stereocenters. The number of nitrogens with zero attached hydrogens (tertiary/aromatic N) is 4. The van der Waals surface area contributed by atoms with E-state index >= 15 is 0 Å². The van der Waals surface area contributed by atoms with Gasteiger partial charge in [0.2, 0.25) is 5.89 Å². The highest BCUT2D eigenvalue weighted by molar-refractivity contribution is 14.0. The van der Waals surface area contributed by atoms with E-state index in [0.29, 0.717) is 24.9 Å². The normalized spacial score (nSPS) is 12.6. The Bertz CT molecular complexity index is 694. The summed E-state index contributed by atoms with van der Waals surface area (Å²) in [6.07, 6.45) is -0.181. The fourth-order valence-electron chi connectivity index (χ4n) is 2.18. The molecule has 1 N–H and O–H groups in total. The van der Waals surface area contributed by atoms with E-state index in [9.17, 15) is 0 Å². The summed E-state index contributed by atoms with van der Waals surface area (Å²) in [5.74, 6) is 1.82. The summed E-state index contributed by atoms with van der Waals surface area (Å²) in [6, 6.07) is 4.16. The molecule has 0 amide bonds. The van der Waals surface area contributed by atoms with E-state index in [-0.39, 0.29) is 30.1 Å². The van der Waals surface area contributed by atoms with E-state index in [1.54, 1.807) is 11.3 Å². The van der Waals surface area contributed by atoms with Gasteiger partial charge in [-0.25, -0.2) is 4.99 Å². The van der Waals surface area contributed by atoms with Gasteiger partial charge in [-0.1, -0.05) is 5.16 Å². The van der Waals surface area contributed by atoms with Crippen molar-refractivity contribution in [2.24, 2.45) is 4.99 Å². The lowest BCUT2D eigenvalue weighted by atomic mass is 10.4. The summed E-state index contributed by atoms with van der Waals surface area (Å²) in [5.41, 5.74) is 0. The third-order valence-corrected chi connectivity index (χ3v) is 4.95. The lowest BCUT2D eigenvalue weighted by molar-refractivity contribution is 0.0683. The van der Waals surface area contributed by atoms with E-state index in [0.717, 1.165) is 22.8 Å². The number of guanidine groups is 1. The third-order valence-electron chi connectivity index (χ3n) is 3.35. The lowest BCUT2D eigenvalue weighted by Gasteiger charge is -2.21. The van der Waals surface area contributed by atoms with Gasteiger partial charge in [-0.2, -0.15) is 4.98 Å². The number of hydrogen-bond donors (Lipinski definition) is 1. The Hall–Kier alpha value is -0.720. The number of aromatic nitrogens is 2. The molecule has 10 heteroatoms. The van der Waals surface area contributed by atoms with Gasteiger partial charge in [0.25, 0.3) is 0 Å². The minimum absolute atomic E-state index is 0. The van der Waals surface area contributed by atoms with Gasteiger partial charge >= 0.3 is 0 Å². The Morgan fingerprint density at radius 3 is 2.85 bits per heavy atom. The standard InChI is InChI=1S/C16H24BrN5O2S.HI/c1-5-18-16(22(4)10-12-7-8-13(17)25-12)19-9-14-20-15(21-24-14)11(3)23-6-2;/h7-8,11H,5-6,9-10H2,1-4H3,(H,18,19);1H. The van der Waals surface area contributed by atoms with Crippen LogP contribution in [0.15, 0.2) is 25.4 Å². The molecule has 26 heavy (non-hydrogen) atoms. The van der Waals surface area contributed by atoms with Crippen LogP contribution in [-0.2, 0) is 17.8 Å². The van der Waals surface area contributed by atoms with E-state index in [1.807, 2.05) is 27.8 Å². The molecule has 0 aliphatic heterocycles. The van der Waals surface area contributed by atoms with Crippen LogP contribution in [0.1, 0.15) is 43.5 Å². The summed E-state index contributed by atoms with van der Waals surface area (Å²) >= 11 is 5.21. The van der Waals surface area contributed by atoms with Crippen LogP contribution < -0.4 is 5.32 Å². The van der Waals surface area contributed by atoms with Crippen LogP contribution in [0.4, 0.5) is 0 Å². The summed E-state index contributed by atoms with van der Waals surface area (Å²) in [6.45, 7) is 8.38. The molecule has 0 aromatic carbocycles. The van der Waals surface area contributed by atoms with Crippen LogP contribution in [0.25, 0.3) is 0 Å². The first-order valence-electron chi connectivity index (χ1n) is 8.21. The monoisotopic (exact) mass is 557 g/mol. The van der Waals surface area contributed by atoms with Crippen LogP contribution in [-0.4, -0.2) is 41.2 Å². The molecule has 7 nitrogen and oxygen atoms in total. The van der Waals surface area contributed by atoms with Crippen molar-refractivity contribution >= 4 is 57.2 Å². The molecule has 0 saturated carbocycles. The van der Waals surface area contributed by atoms with Crippen molar-refractivity contribution < 1.29 is 9.26 Å². The van der Waals surface area contributed by atoms with E-state index in [4.69, 9.17) is 9.26 Å². The molecule has 0 bridgehead atoms. The lowest BCUT2D eigenvalue weighted by Crippen LogP contribution is -2.38. The molecule has 0 spiro atoms. The maximum absolute atomic E-state index is 5.47. The van der Waals surface area contributed by atoms with Crippen molar-refractivity contribution in [3.8, 4) is 0 Å². The molecule has 1 unspecified atom stereocenters. The van der Waals surface area contributed by atoms with Crippen LogP contribution >= 0.6 is 51.2 Å². The van der Waals surface area contributed by atoms with Crippen molar-refractivity contribution in [1.29, 1.82) is 0 Å². The van der Waals surface area contributed by atoms with Gasteiger partial charge in [-0.3, -0.25) is 0 Å². The summed E-state index contributed by atoms with van der Waals surface area (Å²) in [4.78, 5) is 12.3. The third kappa shape index (κ3) is 7.12. The van der Waals surface area contributed by atoms with Gasteiger partial charge < -0.3 is 19.5 Å². The average molecular weight is 558 g/mol. The van der Waals surface area contributed by atoms with E-state index in [2.05, 4.69) is 53.4 Å². The quantitative estimate of drug-likeness (QED) is 0.298. The first kappa shape index (κ1) is 23.3. The van der Waals surface area contributed by atoms with Crippen molar-refractivity contribution in [3.05, 3.63) is 32.5 Å². The maximum Gasteiger partial charge on any atom is 0.248 e. The Balaban J connectivity index is 0.00000338. The van der Waals surface area contributed by atoms with E-state index in [1.165, 1.54) is 4.88 Å². The minimum atomic E-state index is -0.181. The second-order valence-electron chi connectivity index (χ2n) is 5.38. The second kappa shape index (κ2) is 11.9. The molecule has 0 radical (unpaired) electrons. The fraction of sp³-hybridized carbons (Fsp3) is 0.562. The smallest absolute Gasteiger partial charge is 0.248 e. The van der Waals surface area contributed by atoms with Crippen LogP contribution in [0, 0.1) is 0 Å². The summed E-state index contributed by atoms with van der Waals surface area (Å²) < 4.78 is 11.9. The molecular formula is C16H25BrIN5O2S. The predicted octanol–water partition coefficient (Wildman–Crippen LogP) is 4.21. The zero-order valence-electron chi connectivity index (χ0n) is 15.4. The molecule has 0 fully saturated rings. The van der Waals surface area contributed by atoms with Gasteiger partial charge in [-0.05, 0) is 48.8 Å². The number of hydrogen-bond acceptors (Lipinski definition) is 6. The van der Waals surface area contributed by atoms with Crippen LogP contribution in [0.5, 0.6) is 0 Å². The van der Waals surface area contributed by atoms with Crippen molar-refractivity contribution in [2.45, 2.75) is 40.0 Å². The molecule has 146 valence electrons.